The third kappa shape index (κ3) is 5.56. The van der Waals surface area contributed by atoms with Crippen LogP contribution in [-0.4, -0.2) is 23.0 Å². The van der Waals surface area contributed by atoms with Gasteiger partial charge in [-0.3, -0.25) is 10.1 Å². The Bertz CT molecular complexity index is 658. The van der Waals surface area contributed by atoms with E-state index in [2.05, 4.69) is 5.32 Å². The van der Waals surface area contributed by atoms with Crippen LogP contribution >= 0.6 is 34.8 Å². The lowest BCUT2D eigenvalue weighted by Gasteiger charge is -2.23. The minimum Gasteiger partial charge on any atom is -0.497 e. The Morgan fingerprint density at radius 3 is 2.29 bits per heavy atom. The average molecular weight is 389 g/mol. The second-order valence-corrected chi connectivity index (χ2v) is 7.52. The van der Waals surface area contributed by atoms with Crippen molar-refractivity contribution in [1.82, 2.24) is 5.32 Å². The molecule has 7 heteroatoms. The molecule has 0 spiro atoms. The number of amides is 1. The Morgan fingerprint density at radius 2 is 1.75 bits per heavy atom. The normalized spacial score (nSPS) is 12.5. The SMILES string of the molecule is COc1ccc(C(=O)N[C@@H]([NH2+]Cc2ccccc2)C(Cl)(Cl)Cl)cc1. The van der Waals surface area contributed by atoms with Crippen molar-refractivity contribution in [3.05, 3.63) is 65.7 Å². The lowest BCUT2D eigenvalue weighted by atomic mass is 10.2. The zero-order valence-corrected chi connectivity index (χ0v) is 15.3. The molecule has 0 aromatic heterocycles. The molecular weight excluding hydrogens is 371 g/mol. The van der Waals surface area contributed by atoms with Crippen LogP contribution in [0.25, 0.3) is 0 Å². The monoisotopic (exact) mass is 387 g/mol. The molecule has 2 aromatic rings. The van der Waals surface area contributed by atoms with Crippen LogP contribution < -0.4 is 15.4 Å². The minimum atomic E-state index is -1.64. The third-order valence-electron chi connectivity index (χ3n) is 3.42. The van der Waals surface area contributed by atoms with E-state index < -0.39 is 9.96 Å². The molecule has 1 amide bonds. The van der Waals surface area contributed by atoms with Crippen LogP contribution in [0.1, 0.15) is 15.9 Å². The van der Waals surface area contributed by atoms with Crippen LogP contribution in [0.3, 0.4) is 0 Å². The van der Waals surface area contributed by atoms with E-state index in [-0.39, 0.29) is 5.91 Å². The van der Waals surface area contributed by atoms with Crippen molar-refractivity contribution in [1.29, 1.82) is 0 Å². The fraction of sp³-hybridized carbons (Fsp3) is 0.235. The highest BCUT2D eigenvalue weighted by atomic mass is 35.6. The molecule has 0 unspecified atom stereocenters. The van der Waals surface area contributed by atoms with Crippen LogP contribution in [-0.2, 0) is 6.54 Å². The highest BCUT2D eigenvalue weighted by Gasteiger charge is 2.37. The van der Waals surface area contributed by atoms with Crippen LogP contribution in [0.15, 0.2) is 54.6 Å². The zero-order chi connectivity index (χ0) is 17.6. The molecular formula is C17H18Cl3N2O2+. The number of quaternary nitrogens is 1. The maximum absolute atomic E-state index is 12.4. The topological polar surface area (TPSA) is 54.9 Å². The predicted molar refractivity (Wildman–Crippen MR) is 96.6 cm³/mol. The van der Waals surface area contributed by atoms with Crippen molar-refractivity contribution < 1.29 is 14.8 Å². The molecule has 0 aliphatic carbocycles. The summed E-state index contributed by atoms with van der Waals surface area (Å²) >= 11 is 18.0. The number of nitrogens with one attached hydrogen (secondary N) is 1. The number of ether oxygens (including phenoxy) is 1. The summed E-state index contributed by atoms with van der Waals surface area (Å²) in [5, 5.41) is 4.53. The molecule has 0 aliphatic heterocycles. The molecule has 4 nitrogen and oxygen atoms in total. The summed E-state index contributed by atoms with van der Waals surface area (Å²) in [7, 11) is 1.56. The van der Waals surface area contributed by atoms with Gasteiger partial charge in [0.25, 0.3) is 9.70 Å². The molecule has 0 saturated heterocycles. The number of halogens is 3. The lowest BCUT2D eigenvalue weighted by Crippen LogP contribution is -2.95. The molecule has 24 heavy (non-hydrogen) atoms. The highest BCUT2D eigenvalue weighted by Crippen LogP contribution is 2.27. The molecule has 0 saturated carbocycles. The maximum atomic E-state index is 12.4. The summed E-state index contributed by atoms with van der Waals surface area (Å²) in [5.41, 5.74) is 1.53. The smallest absolute Gasteiger partial charge is 0.262 e. The van der Waals surface area contributed by atoms with Gasteiger partial charge >= 0.3 is 0 Å². The number of hydrogen-bond donors (Lipinski definition) is 2. The van der Waals surface area contributed by atoms with Gasteiger partial charge in [0, 0.05) is 11.1 Å². The first kappa shape index (κ1) is 18.9. The van der Waals surface area contributed by atoms with Gasteiger partial charge in [-0.15, -0.1) is 0 Å². The van der Waals surface area contributed by atoms with E-state index in [1.54, 1.807) is 36.7 Å². The van der Waals surface area contributed by atoms with E-state index in [1.165, 1.54) is 0 Å². The fourth-order valence-electron chi connectivity index (χ4n) is 2.11. The van der Waals surface area contributed by atoms with Crippen molar-refractivity contribution in [2.24, 2.45) is 0 Å². The van der Waals surface area contributed by atoms with Crippen LogP contribution in [0.2, 0.25) is 0 Å². The zero-order valence-electron chi connectivity index (χ0n) is 13.0. The number of alkyl halides is 3. The second kappa shape index (κ2) is 8.58. The Labute approximate surface area is 156 Å². The second-order valence-electron chi connectivity index (χ2n) is 5.15. The van der Waals surface area contributed by atoms with Gasteiger partial charge in [0.15, 0.2) is 0 Å². The van der Waals surface area contributed by atoms with Gasteiger partial charge in [-0.1, -0.05) is 65.1 Å². The highest BCUT2D eigenvalue weighted by molar-refractivity contribution is 6.68. The Morgan fingerprint density at radius 1 is 1.12 bits per heavy atom. The number of carbonyl (C=O) groups is 1. The molecule has 0 radical (unpaired) electrons. The number of nitrogens with two attached hydrogens (primary N) is 1. The van der Waals surface area contributed by atoms with E-state index in [4.69, 9.17) is 39.5 Å². The molecule has 0 aliphatic rings. The van der Waals surface area contributed by atoms with E-state index in [9.17, 15) is 4.79 Å². The Hall–Kier alpha value is -1.46. The minimum absolute atomic E-state index is 0.321. The molecule has 0 heterocycles. The average Bonchev–Trinajstić information content (AvgIpc) is 2.58. The summed E-state index contributed by atoms with van der Waals surface area (Å²) in [5.74, 6) is 0.346. The maximum Gasteiger partial charge on any atom is 0.262 e. The largest absolute Gasteiger partial charge is 0.497 e. The van der Waals surface area contributed by atoms with Gasteiger partial charge in [0.2, 0.25) is 6.17 Å². The van der Waals surface area contributed by atoms with E-state index in [1.807, 2.05) is 30.3 Å². The van der Waals surface area contributed by atoms with Gasteiger partial charge < -0.3 is 10.1 Å². The summed E-state index contributed by atoms with van der Waals surface area (Å²) < 4.78 is 3.43. The van der Waals surface area contributed by atoms with Crippen molar-refractivity contribution in [2.45, 2.75) is 16.5 Å². The van der Waals surface area contributed by atoms with Gasteiger partial charge in [0.1, 0.15) is 12.3 Å². The molecule has 2 rings (SSSR count). The summed E-state index contributed by atoms with van der Waals surface area (Å²) in [4.78, 5) is 12.4. The van der Waals surface area contributed by atoms with Gasteiger partial charge in [0.05, 0.1) is 7.11 Å². The number of methoxy groups -OCH3 is 1. The fourth-order valence-corrected chi connectivity index (χ4v) is 2.54. The standard InChI is InChI=1S/C17H17Cl3N2O2/c1-24-14-9-7-13(8-10-14)15(23)22-16(17(18,19)20)21-11-12-5-3-2-4-6-12/h2-10,16,21H,11H2,1H3,(H,22,23)/p+1/t16-/m1/s1. The first-order valence-electron chi connectivity index (χ1n) is 7.29. The summed E-state index contributed by atoms with van der Waals surface area (Å²) in [6.45, 7) is 0.572. The number of benzene rings is 2. The molecule has 2 aromatic carbocycles. The third-order valence-corrected chi connectivity index (χ3v) is 4.13. The van der Waals surface area contributed by atoms with Crippen LogP contribution in [0.5, 0.6) is 5.75 Å². The van der Waals surface area contributed by atoms with Gasteiger partial charge in [-0.25, -0.2) is 0 Å². The first-order valence-corrected chi connectivity index (χ1v) is 8.42. The quantitative estimate of drug-likeness (QED) is 0.590. The summed E-state index contributed by atoms with van der Waals surface area (Å²) in [6.07, 6.45) is -0.725. The van der Waals surface area contributed by atoms with Crippen molar-refractivity contribution in [2.75, 3.05) is 7.11 Å². The van der Waals surface area contributed by atoms with Crippen molar-refractivity contribution in [3.63, 3.8) is 0 Å². The Kier molecular flexibility index (Phi) is 6.75. The van der Waals surface area contributed by atoms with E-state index >= 15 is 0 Å². The summed E-state index contributed by atoms with van der Waals surface area (Å²) in [6, 6.07) is 16.4. The van der Waals surface area contributed by atoms with E-state index in [0.29, 0.717) is 17.9 Å². The van der Waals surface area contributed by atoms with E-state index in [0.717, 1.165) is 5.56 Å². The molecule has 0 bridgehead atoms. The number of rotatable bonds is 6. The number of hydrogen-bond acceptors (Lipinski definition) is 2. The predicted octanol–water partition coefficient (Wildman–Crippen LogP) is 2.88. The molecule has 3 N–H and O–H groups in total. The van der Waals surface area contributed by atoms with Gasteiger partial charge in [-0.05, 0) is 24.3 Å². The van der Waals surface area contributed by atoms with Gasteiger partial charge in [-0.2, -0.15) is 0 Å². The molecule has 0 fully saturated rings. The molecule has 1 atom stereocenters. The van der Waals surface area contributed by atoms with Crippen molar-refractivity contribution >= 4 is 40.7 Å². The van der Waals surface area contributed by atoms with Crippen molar-refractivity contribution in [3.8, 4) is 5.75 Å². The first-order chi connectivity index (χ1) is 11.4. The Balaban J connectivity index is 2.03. The lowest BCUT2D eigenvalue weighted by molar-refractivity contribution is -0.706. The molecule has 128 valence electrons. The van der Waals surface area contributed by atoms with Crippen LogP contribution in [0.4, 0.5) is 0 Å². The number of carbonyl (C=O) groups excluding carboxylic acids is 1. The van der Waals surface area contributed by atoms with Crippen LogP contribution in [0, 0.1) is 0 Å².